The summed E-state index contributed by atoms with van der Waals surface area (Å²) in [6, 6.07) is 16.6. The van der Waals surface area contributed by atoms with Gasteiger partial charge in [-0.25, -0.2) is 0 Å². The fourth-order valence-electron chi connectivity index (χ4n) is 2.69. The zero-order chi connectivity index (χ0) is 13.9. The summed E-state index contributed by atoms with van der Waals surface area (Å²) >= 11 is 0. The van der Waals surface area contributed by atoms with E-state index in [1.165, 1.54) is 16.8 Å². The molecule has 104 valence electrons. The van der Waals surface area contributed by atoms with Gasteiger partial charge in [0.1, 0.15) is 12.4 Å². The number of benzene rings is 2. The van der Waals surface area contributed by atoms with E-state index in [0.717, 1.165) is 18.8 Å². The van der Waals surface area contributed by atoms with E-state index < -0.39 is 0 Å². The minimum atomic E-state index is 0.0330. The lowest BCUT2D eigenvalue weighted by Crippen LogP contribution is -2.27. The van der Waals surface area contributed by atoms with Gasteiger partial charge in [0.15, 0.2) is 0 Å². The summed E-state index contributed by atoms with van der Waals surface area (Å²) in [4.78, 5) is 2.35. The van der Waals surface area contributed by atoms with Crippen LogP contribution < -0.4 is 15.4 Å². The Morgan fingerprint density at radius 2 is 1.85 bits per heavy atom. The standard InChI is InChI=1S/C17H20N2O/c1-13(18)15-7-3-4-8-16(15)19-10-11-20-17-9-5-2-6-14(17)12-19/h2-9,13H,10-12,18H2,1H3/t13-/m1/s1. The molecule has 0 radical (unpaired) electrons. The van der Waals surface area contributed by atoms with Crippen LogP contribution in [-0.2, 0) is 6.54 Å². The number of fused-ring (bicyclic) bond motifs is 1. The molecule has 0 aromatic heterocycles. The number of hydrogen-bond acceptors (Lipinski definition) is 3. The van der Waals surface area contributed by atoms with Gasteiger partial charge < -0.3 is 15.4 Å². The van der Waals surface area contributed by atoms with Crippen LogP contribution in [0.4, 0.5) is 5.69 Å². The molecule has 0 bridgehead atoms. The van der Waals surface area contributed by atoms with Crippen LogP contribution in [0, 0.1) is 0 Å². The molecule has 0 aliphatic carbocycles. The SMILES string of the molecule is C[C@@H](N)c1ccccc1N1CCOc2ccccc2C1. The van der Waals surface area contributed by atoms with Crippen LogP contribution in [0.25, 0.3) is 0 Å². The third-order valence-corrected chi connectivity index (χ3v) is 3.72. The van der Waals surface area contributed by atoms with Gasteiger partial charge in [-0.05, 0) is 24.6 Å². The number of para-hydroxylation sites is 2. The lowest BCUT2D eigenvalue weighted by molar-refractivity contribution is 0.331. The molecule has 2 aromatic rings. The van der Waals surface area contributed by atoms with Gasteiger partial charge in [-0.3, -0.25) is 0 Å². The lowest BCUT2D eigenvalue weighted by Gasteiger charge is -2.26. The van der Waals surface area contributed by atoms with E-state index in [2.05, 4.69) is 35.2 Å². The summed E-state index contributed by atoms with van der Waals surface area (Å²) in [6.45, 7) is 4.46. The van der Waals surface area contributed by atoms with Crippen molar-refractivity contribution in [1.29, 1.82) is 0 Å². The van der Waals surface area contributed by atoms with Crippen molar-refractivity contribution in [1.82, 2.24) is 0 Å². The van der Waals surface area contributed by atoms with Crippen molar-refractivity contribution >= 4 is 5.69 Å². The summed E-state index contributed by atoms with van der Waals surface area (Å²) in [5.41, 5.74) is 9.72. The minimum Gasteiger partial charge on any atom is -0.491 e. The van der Waals surface area contributed by atoms with Crippen LogP contribution in [-0.4, -0.2) is 13.2 Å². The van der Waals surface area contributed by atoms with E-state index in [1.807, 2.05) is 25.1 Å². The summed E-state index contributed by atoms with van der Waals surface area (Å²) in [7, 11) is 0. The van der Waals surface area contributed by atoms with Gasteiger partial charge in [0.25, 0.3) is 0 Å². The molecule has 0 spiro atoms. The Morgan fingerprint density at radius 1 is 1.10 bits per heavy atom. The molecule has 0 unspecified atom stereocenters. The summed E-state index contributed by atoms with van der Waals surface area (Å²) < 4.78 is 5.83. The maximum Gasteiger partial charge on any atom is 0.124 e. The topological polar surface area (TPSA) is 38.5 Å². The fraction of sp³-hybridized carbons (Fsp3) is 0.294. The molecule has 0 saturated carbocycles. The zero-order valence-corrected chi connectivity index (χ0v) is 11.8. The molecule has 0 saturated heterocycles. The third-order valence-electron chi connectivity index (χ3n) is 3.72. The maximum atomic E-state index is 6.10. The Morgan fingerprint density at radius 3 is 2.70 bits per heavy atom. The highest BCUT2D eigenvalue weighted by Gasteiger charge is 2.18. The van der Waals surface area contributed by atoms with Gasteiger partial charge in [-0.2, -0.15) is 0 Å². The number of nitrogens with two attached hydrogens (primary N) is 1. The maximum absolute atomic E-state index is 6.10. The molecule has 0 amide bonds. The van der Waals surface area contributed by atoms with Crippen LogP contribution in [0.15, 0.2) is 48.5 Å². The largest absolute Gasteiger partial charge is 0.491 e. The second-order valence-corrected chi connectivity index (χ2v) is 5.23. The summed E-state index contributed by atoms with van der Waals surface area (Å²) in [5, 5.41) is 0. The highest BCUT2D eigenvalue weighted by molar-refractivity contribution is 5.56. The minimum absolute atomic E-state index is 0.0330. The molecule has 1 aliphatic heterocycles. The molecule has 3 heteroatoms. The number of anilines is 1. The highest BCUT2D eigenvalue weighted by atomic mass is 16.5. The van der Waals surface area contributed by atoms with E-state index in [-0.39, 0.29) is 6.04 Å². The first kappa shape index (κ1) is 13.0. The third kappa shape index (κ3) is 2.49. The first-order valence-electron chi connectivity index (χ1n) is 7.06. The molecule has 3 rings (SSSR count). The molecule has 2 N–H and O–H groups in total. The first-order chi connectivity index (χ1) is 9.75. The number of rotatable bonds is 2. The van der Waals surface area contributed by atoms with Crippen molar-refractivity contribution < 1.29 is 4.74 Å². The Kier molecular flexibility index (Phi) is 3.61. The van der Waals surface area contributed by atoms with Gasteiger partial charge in [0, 0.05) is 23.8 Å². The predicted octanol–water partition coefficient (Wildman–Crippen LogP) is 3.11. The molecule has 20 heavy (non-hydrogen) atoms. The Balaban J connectivity index is 1.96. The quantitative estimate of drug-likeness (QED) is 0.909. The predicted molar refractivity (Wildman–Crippen MR) is 82.0 cm³/mol. The molecule has 3 nitrogen and oxygen atoms in total. The van der Waals surface area contributed by atoms with Gasteiger partial charge in [-0.1, -0.05) is 36.4 Å². The first-order valence-corrected chi connectivity index (χ1v) is 7.06. The summed E-state index contributed by atoms with van der Waals surface area (Å²) in [6.07, 6.45) is 0. The van der Waals surface area contributed by atoms with Crippen LogP contribution in [0.2, 0.25) is 0 Å². The van der Waals surface area contributed by atoms with E-state index >= 15 is 0 Å². The van der Waals surface area contributed by atoms with Gasteiger partial charge >= 0.3 is 0 Å². The second kappa shape index (κ2) is 5.55. The van der Waals surface area contributed by atoms with E-state index in [0.29, 0.717) is 6.61 Å². The van der Waals surface area contributed by atoms with Crippen molar-refractivity contribution in [2.24, 2.45) is 5.73 Å². The monoisotopic (exact) mass is 268 g/mol. The highest BCUT2D eigenvalue weighted by Crippen LogP contribution is 2.30. The molecule has 0 fully saturated rings. The fourth-order valence-corrected chi connectivity index (χ4v) is 2.69. The molecular formula is C17H20N2O. The van der Waals surface area contributed by atoms with Crippen molar-refractivity contribution in [3.8, 4) is 5.75 Å². The molecule has 1 atom stereocenters. The Labute approximate surface area is 120 Å². The van der Waals surface area contributed by atoms with E-state index in [1.54, 1.807) is 0 Å². The van der Waals surface area contributed by atoms with Gasteiger partial charge in [0.05, 0.1) is 6.54 Å². The van der Waals surface area contributed by atoms with Crippen LogP contribution in [0.5, 0.6) is 5.75 Å². The number of ether oxygens (including phenoxy) is 1. The lowest BCUT2D eigenvalue weighted by atomic mass is 10.1. The second-order valence-electron chi connectivity index (χ2n) is 5.23. The van der Waals surface area contributed by atoms with Crippen molar-refractivity contribution in [3.05, 3.63) is 59.7 Å². The molecule has 1 aliphatic rings. The Hall–Kier alpha value is -2.00. The zero-order valence-electron chi connectivity index (χ0n) is 11.8. The van der Waals surface area contributed by atoms with Crippen LogP contribution in [0.3, 0.4) is 0 Å². The average molecular weight is 268 g/mol. The van der Waals surface area contributed by atoms with Crippen molar-refractivity contribution in [2.75, 3.05) is 18.1 Å². The normalized spacial score (nSPS) is 16.0. The summed E-state index contributed by atoms with van der Waals surface area (Å²) in [5.74, 6) is 0.994. The molecule has 1 heterocycles. The van der Waals surface area contributed by atoms with E-state index in [9.17, 15) is 0 Å². The molecule has 2 aromatic carbocycles. The van der Waals surface area contributed by atoms with E-state index in [4.69, 9.17) is 10.5 Å². The van der Waals surface area contributed by atoms with Crippen molar-refractivity contribution in [2.45, 2.75) is 19.5 Å². The Bertz CT molecular complexity index is 595. The average Bonchev–Trinajstić information content (AvgIpc) is 2.69. The van der Waals surface area contributed by atoms with Crippen LogP contribution in [0.1, 0.15) is 24.1 Å². The van der Waals surface area contributed by atoms with Gasteiger partial charge in [-0.15, -0.1) is 0 Å². The van der Waals surface area contributed by atoms with Crippen molar-refractivity contribution in [3.63, 3.8) is 0 Å². The molecular weight excluding hydrogens is 248 g/mol. The van der Waals surface area contributed by atoms with Gasteiger partial charge in [0.2, 0.25) is 0 Å². The van der Waals surface area contributed by atoms with Crippen LogP contribution >= 0.6 is 0 Å². The smallest absolute Gasteiger partial charge is 0.124 e. The number of nitrogens with zero attached hydrogens (tertiary/aromatic N) is 1. The number of hydrogen-bond donors (Lipinski definition) is 1.